The van der Waals surface area contributed by atoms with Crippen LogP contribution in [0.4, 0.5) is 4.39 Å². The van der Waals surface area contributed by atoms with E-state index in [1.54, 1.807) is 19.2 Å². The van der Waals surface area contributed by atoms with Gasteiger partial charge in [0.25, 0.3) is 0 Å². The normalized spacial score (nSPS) is 12.6. The zero-order chi connectivity index (χ0) is 13.9. The molecule has 0 aliphatic carbocycles. The molecule has 1 N–H and O–H groups in total. The monoisotopic (exact) mass is 285 g/mol. The fraction of sp³-hybridized carbons (Fsp3) is 0.600. The fourth-order valence-corrected chi connectivity index (χ4v) is 2.56. The van der Waals surface area contributed by atoms with Crippen molar-refractivity contribution in [3.8, 4) is 0 Å². The number of rotatable bonds is 10. The summed E-state index contributed by atoms with van der Waals surface area (Å²) in [6.07, 6.45) is 4.31. The standard InChI is InChI=1S/C15H24FNOS/c1-18-9-8-17-12-14(7-10-19-2)11-13-3-5-15(16)6-4-13/h3-6,14,17H,7-12H2,1-2H3. The van der Waals surface area contributed by atoms with Gasteiger partial charge in [-0.2, -0.15) is 11.8 Å². The van der Waals surface area contributed by atoms with Crippen LogP contribution in [0.15, 0.2) is 24.3 Å². The van der Waals surface area contributed by atoms with Crippen LogP contribution in [0.5, 0.6) is 0 Å². The molecule has 0 aliphatic rings. The molecule has 0 amide bonds. The zero-order valence-corrected chi connectivity index (χ0v) is 12.6. The van der Waals surface area contributed by atoms with Crippen LogP contribution in [-0.2, 0) is 11.2 Å². The van der Waals surface area contributed by atoms with Crippen molar-refractivity contribution in [1.82, 2.24) is 5.32 Å². The molecule has 108 valence electrons. The number of benzene rings is 1. The quantitative estimate of drug-likeness (QED) is 0.668. The van der Waals surface area contributed by atoms with E-state index in [-0.39, 0.29) is 5.82 Å². The third-order valence-corrected chi connectivity index (χ3v) is 3.73. The Labute approximate surface area is 120 Å². The van der Waals surface area contributed by atoms with Crippen molar-refractivity contribution >= 4 is 11.8 Å². The minimum Gasteiger partial charge on any atom is -0.383 e. The van der Waals surface area contributed by atoms with Gasteiger partial charge < -0.3 is 10.1 Å². The summed E-state index contributed by atoms with van der Waals surface area (Å²) in [7, 11) is 1.71. The van der Waals surface area contributed by atoms with Crippen LogP contribution in [0.25, 0.3) is 0 Å². The number of hydrogen-bond donors (Lipinski definition) is 1. The minimum atomic E-state index is -0.164. The van der Waals surface area contributed by atoms with Gasteiger partial charge in [-0.15, -0.1) is 0 Å². The number of thioether (sulfide) groups is 1. The summed E-state index contributed by atoms with van der Waals surface area (Å²) in [6, 6.07) is 6.85. The first-order valence-corrected chi connectivity index (χ1v) is 8.08. The Morgan fingerprint density at radius 2 is 2.05 bits per heavy atom. The average molecular weight is 285 g/mol. The maximum Gasteiger partial charge on any atom is 0.123 e. The molecular formula is C15H24FNOS. The third kappa shape index (κ3) is 7.55. The molecule has 19 heavy (non-hydrogen) atoms. The summed E-state index contributed by atoms with van der Waals surface area (Å²) in [6.45, 7) is 2.61. The maximum absolute atomic E-state index is 12.9. The van der Waals surface area contributed by atoms with E-state index in [1.165, 1.54) is 12.0 Å². The van der Waals surface area contributed by atoms with E-state index in [9.17, 15) is 4.39 Å². The van der Waals surface area contributed by atoms with E-state index >= 15 is 0 Å². The van der Waals surface area contributed by atoms with E-state index in [0.29, 0.717) is 5.92 Å². The number of halogens is 1. The predicted octanol–water partition coefficient (Wildman–Crippen LogP) is 2.97. The van der Waals surface area contributed by atoms with Crippen molar-refractivity contribution in [3.63, 3.8) is 0 Å². The van der Waals surface area contributed by atoms with Crippen molar-refractivity contribution < 1.29 is 9.13 Å². The van der Waals surface area contributed by atoms with Gasteiger partial charge in [0.1, 0.15) is 5.82 Å². The van der Waals surface area contributed by atoms with Gasteiger partial charge in [-0.3, -0.25) is 0 Å². The lowest BCUT2D eigenvalue weighted by molar-refractivity contribution is 0.197. The first-order valence-electron chi connectivity index (χ1n) is 6.69. The smallest absolute Gasteiger partial charge is 0.123 e. The molecule has 0 aromatic heterocycles. The van der Waals surface area contributed by atoms with Gasteiger partial charge in [-0.05, 0) is 55.0 Å². The lowest BCUT2D eigenvalue weighted by Crippen LogP contribution is -2.27. The highest BCUT2D eigenvalue weighted by atomic mass is 32.2. The third-order valence-electron chi connectivity index (χ3n) is 3.08. The van der Waals surface area contributed by atoms with Crippen molar-refractivity contribution in [1.29, 1.82) is 0 Å². The van der Waals surface area contributed by atoms with Crippen LogP contribution in [0.3, 0.4) is 0 Å². The molecule has 2 nitrogen and oxygen atoms in total. The van der Waals surface area contributed by atoms with Crippen LogP contribution < -0.4 is 5.32 Å². The van der Waals surface area contributed by atoms with Crippen molar-refractivity contribution in [3.05, 3.63) is 35.6 Å². The van der Waals surface area contributed by atoms with Gasteiger partial charge in [0.05, 0.1) is 6.61 Å². The average Bonchev–Trinajstić information content (AvgIpc) is 2.43. The summed E-state index contributed by atoms with van der Waals surface area (Å²) in [4.78, 5) is 0. The van der Waals surface area contributed by atoms with Crippen molar-refractivity contribution in [2.24, 2.45) is 5.92 Å². The summed E-state index contributed by atoms with van der Waals surface area (Å²) >= 11 is 1.87. The van der Waals surface area contributed by atoms with Gasteiger partial charge in [0.2, 0.25) is 0 Å². The topological polar surface area (TPSA) is 21.3 Å². The first kappa shape index (κ1) is 16.5. The number of nitrogens with one attached hydrogen (secondary N) is 1. The fourth-order valence-electron chi connectivity index (χ4n) is 2.00. The Bertz CT molecular complexity index is 331. The summed E-state index contributed by atoms with van der Waals surface area (Å²) in [5.74, 6) is 1.59. The summed E-state index contributed by atoms with van der Waals surface area (Å²) in [5, 5.41) is 3.42. The van der Waals surface area contributed by atoms with Crippen LogP contribution in [0.2, 0.25) is 0 Å². The second-order valence-electron chi connectivity index (χ2n) is 4.68. The Balaban J connectivity index is 2.41. The van der Waals surface area contributed by atoms with Crippen LogP contribution >= 0.6 is 11.8 Å². The van der Waals surface area contributed by atoms with E-state index in [4.69, 9.17) is 4.74 Å². The molecule has 0 saturated heterocycles. The molecule has 0 spiro atoms. The molecule has 1 unspecified atom stereocenters. The van der Waals surface area contributed by atoms with Gasteiger partial charge in [0.15, 0.2) is 0 Å². The van der Waals surface area contributed by atoms with Gasteiger partial charge in [0, 0.05) is 13.7 Å². The minimum absolute atomic E-state index is 0.164. The Kier molecular flexibility index (Phi) is 8.88. The molecule has 0 saturated carbocycles. The molecule has 0 fully saturated rings. The number of hydrogen-bond acceptors (Lipinski definition) is 3. The Morgan fingerprint density at radius 3 is 2.68 bits per heavy atom. The highest BCUT2D eigenvalue weighted by Gasteiger charge is 2.09. The molecule has 1 rings (SSSR count). The Hall–Kier alpha value is -0.580. The summed E-state index contributed by atoms with van der Waals surface area (Å²) < 4.78 is 17.9. The van der Waals surface area contributed by atoms with Crippen LogP contribution in [-0.4, -0.2) is 38.8 Å². The molecule has 1 aromatic rings. The second kappa shape index (κ2) is 10.2. The van der Waals surface area contributed by atoms with Gasteiger partial charge in [-0.1, -0.05) is 12.1 Å². The molecule has 0 bridgehead atoms. The SMILES string of the molecule is COCCNCC(CCSC)Cc1ccc(F)cc1. The molecule has 0 aliphatic heterocycles. The maximum atomic E-state index is 12.9. The van der Waals surface area contributed by atoms with Crippen LogP contribution in [0.1, 0.15) is 12.0 Å². The zero-order valence-electron chi connectivity index (χ0n) is 11.8. The lowest BCUT2D eigenvalue weighted by Gasteiger charge is -2.17. The van der Waals surface area contributed by atoms with Gasteiger partial charge >= 0.3 is 0 Å². The Morgan fingerprint density at radius 1 is 1.32 bits per heavy atom. The van der Waals surface area contributed by atoms with E-state index in [2.05, 4.69) is 11.6 Å². The first-order chi connectivity index (χ1) is 9.26. The number of ether oxygens (including phenoxy) is 1. The van der Waals surface area contributed by atoms with Crippen LogP contribution in [0, 0.1) is 11.7 Å². The van der Waals surface area contributed by atoms with E-state index in [1.807, 2.05) is 23.9 Å². The van der Waals surface area contributed by atoms with Crippen molar-refractivity contribution in [2.45, 2.75) is 12.8 Å². The molecular weight excluding hydrogens is 261 g/mol. The molecule has 1 aromatic carbocycles. The van der Waals surface area contributed by atoms with Gasteiger partial charge in [-0.25, -0.2) is 4.39 Å². The van der Waals surface area contributed by atoms with Crippen molar-refractivity contribution in [2.75, 3.05) is 38.8 Å². The van der Waals surface area contributed by atoms with E-state index < -0.39 is 0 Å². The van der Waals surface area contributed by atoms with E-state index in [0.717, 1.165) is 31.9 Å². The second-order valence-corrected chi connectivity index (χ2v) is 5.66. The highest BCUT2D eigenvalue weighted by molar-refractivity contribution is 7.98. The molecule has 1 atom stereocenters. The molecule has 0 heterocycles. The predicted molar refractivity (Wildman–Crippen MR) is 81.3 cm³/mol. The highest BCUT2D eigenvalue weighted by Crippen LogP contribution is 2.14. The molecule has 0 radical (unpaired) electrons. The largest absolute Gasteiger partial charge is 0.383 e. The lowest BCUT2D eigenvalue weighted by atomic mass is 9.97. The molecule has 4 heteroatoms. The summed E-state index contributed by atoms with van der Waals surface area (Å²) in [5.41, 5.74) is 1.21. The number of methoxy groups -OCH3 is 1.